The molecule has 4 N–H and O–H groups in total. The maximum absolute atomic E-state index is 12.8. The molecule has 2 aliphatic carbocycles. The van der Waals surface area contributed by atoms with Crippen molar-refractivity contribution < 1.29 is 9.59 Å². The topological polar surface area (TPSA) is 84.2 Å². The Labute approximate surface area is 161 Å². The Morgan fingerprint density at radius 1 is 1.19 bits per heavy atom. The third kappa shape index (κ3) is 4.46. The van der Waals surface area contributed by atoms with E-state index in [4.69, 9.17) is 5.73 Å². The Morgan fingerprint density at radius 2 is 1.85 bits per heavy atom. The highest BCUT2D eigenvalue weighted by molar-refractivity contribution is 6.04. The van der Waals surface area contributed by atoms with Crippen molar-refractivity contribution >= 4 is 29.9 Å². The van der Waals surface area contributed by atoms with Crippen LogP contribution >= 0.6 is 12.4 Å². The number of rotatable bonds is 5. The smallest absolute Gasteiger partial charge is 0.253 e. The van der Waals surface area contributed by atoms with Crippen molar-refractivity contribution in [2.45, 2.75) is 38.1 Å². The molecular weight excluding hydrogens is 350 g/mol. The van der Waals surface area contributed by atoms with Gasteiger partial charge in [0.1, 0.15) is 0 Å². The van der Waals surface area contributed by atoms with Crippen LogP contribution in [-0.2, 0) is 4.79 Å². The molecular formula is C20H28ClN3O2. The molecule has 2 bridgehead atoms. The van der Waals surface area contributed by atoms with Gasteiger partial charge in [0.2, 0.25) is 5.91 Å². The lowest BCUT2D eigenvalue weighted by Crippen LogP contribution is -2.48. The van der Waals surface area contributed by atoms with Crippen LogP contribution in [0.5, 0.6) is 0 Å². The summed E-state index contributed by atoms with van der Waals surface area (Å²) in [6, 6.07) is 7.36. The average Bonchev–Trinajstić information content (AvgIpc) is 2.59. The van der Waals surface area contributed by atoms with Crippen molar-refractivity contribution in [2.24, 2.45) is 23.5 Å². The van der Waals surface area contributed by atoms with E-state index in [0.717, 1.165) is 25.7 Å². The number of para-hydroxylation sites is 1. The van der Waals surface area contributed by atoms with E-state index in [1.54, 1.807) is 24.3 Å². The number of carbonyl (C=O) groups excluding carboxylic acids is 2. The van der Waals surface area contributed by atoms with E-state index >= 15 is 0 Å². The number of amides is 2. The molecule has 0 radical (unpaired) electrons. The minimum absolute atomic E-state index is 0. The summed E-state index contributed by atoms with van der Waals surface area (Å²) in [5.74, 6) is 0.689. The molecule has 6 heteroatoms. The van der Waals surface area contributed by atoms with Crippen LogP contribution in [0, 0.1) is 17.8 Å². The van der Waals surface area contributed by atoms with Gasteiger partial charge in [-0.2, -0.15) is 0 Å². The van der Waals surface area contributed by atoms with E-state index < -0.39 is 0 Å². The summed E-state index contributed by atoms with van der Waals surface area (Å²) in [7, 11) is 0. The first-order valence-electron chi connectivity index (χ1n) is 9.14. The third-order valence-corrected chi connectivity index (χ3v) is 5.62. The van der Waals surface area contributed by atoms with Gasteiger partial charge in [0.15, 0.2) is 0 Å². The van der Waals surface area contributed by atoms with Crippen molar-refractivity contribution in [3.63, 3.8) is 0 Å². The lowest BCUT2D eigenvalue weighted by molar-refractivity contribution is -0.122. The Morgan fingerprint density at radius 3 is 2.50 bits per heavy atom. The maximum atomic E-state index is 12.8. The molecule has 0 aliphatic heterocycles. The first kappa shape index (κ1) is 20.5. The number of anilines is 1. The second-order valence-corrected chi connectivity index (χ2v) is 7.23. The standard InChI is InChI=1S/C20H27N3O2.ClH/c1-2-10-22-20(25)16-8-3-4-9-17(16)23-19(24)15-11-13-6-5-7-14(12-15)18(13)21;/h2-4,8-9,13-15,18H,1,5-7,10-12,21H2,(H,22,25)(H,23,24);1H. The first-order chi connectivity index (χ1) is 12.1. The molecule has 0 spiro atoms. The van der Waals surface area contributed by atoms with Crippen molar-refractivity contribution in [1.82, 2.24) is 5.32 Å². The lowest BCUT2D eigenvalue weighted by atomic mass is 9.65. The molecule has 142 valence electrons. The fourth-order valence-electron chi connectivity index (χ4n) is 4.29. The fraction of sp³-hybridized carbons (Fsp3) is 0.500. The number of benzene rings is 1. The molecule has 0 aromatic heterocycles. The minimum Gasteiger partial charge on any atom is -0.349 e. The lowest BCUT2D eigenvalue weighted by Gasteiger charge is -2.43. The number of nitrogens with one attached hydrogen (secondary N) is 2. The highest BCUT2D eigenvalue weighted by Crippen LogP contribution is 2.42. The number of carbonyl (C=O) groups is 2. The van der Waals surface area contributed by atoms with Gasteiger partial charge in [0, 0.05) is 18.5 Å². The number of fused-ring (bicyclic) bond motifs is 2. The van der Waals surface area contributed by atoms with Gasteiger partial charge in [-0.25, -0.2) is 0 Å². The average molecular weight is 378 g/mol. The van der Waals surface area contributed by atoms with Crippen LogP contribution < -0.4 is 16.4 Å². The van der Waals surface area contributed by atoms with Gasteiger partial charge in [-0.1, -0.05) is 24.6 Å². The summed E-state index contributed by atoms with van der Waals surface area (Å²) in [5, 5.41) is 5.73. The largest absolute Gasteiger partial charge is 0.349 e. The van der Waals surface area contributed by atoms with Crippen LogP contribution in [0.15, 0.2) is 36.9 Å². The van der Waals surface area contributed by atoms with E-state index in [0.29, 0.717) is 29.6 Å². The van der Waals surface area contributed by atoms with Gasteiger partial charge in [0.25, 0.3) is 5.91 Å². The number of hydrogen-bond acceptors (Lipinski definition) is 3. The van der Waals surface area contributed by atoms with Crippen molar-refractivity contribution in [3.05, 3.63) is 42.5 Å². The summed E-state index contributed by atoms with van der Waals surface area (Å²) >= 11 is 0. The maximum Gasteiger partial charge on any atom is 0.253 e. The van der Waals surface area contributed by atoms with Gasteiger partial charge >= 0.3 is 0 Å². The molecule has 2 amide bonds. The molecule has 3 rings (SSSR count). The summed E-state index contributed by atoms with van der Waals surface area (Å²) in [6.07, 6.45) is 6.82. The van der Waals surface area contributed by atoms with Crippen LogP contribution in [0.2, 0.25) is 0 Å². The predicted octanol–water partition coefficient (Wildman–Crippen LogP) is 3.12. The van der Waals surface area contributed by atoms with E-state index in [-0.39, 0.29) is 36.2 Å². The normalized spacial score (nSPS) is 27.0. The van der Waals surface area contributed by atoms with E-state index in [1.165, 1.54) is 6.42 Å². The van der Waals surface area contributed by atoms with Crippen LogP contribution in [0.1, 0.15) is 42.5 Å². The van der Waals surface area contributed by atoms with E-state index in [9.17, 15) is 9.59 Å². The second-order valence-electron chi connectivity index (χ2n) is 7.23. The van der Waals surface area contributed by atoms with Crippen LogP contribution in [0.3, 0.4) is 0 Å². The van der Waals surface area contributed by atoms with Crippen LogP contribution in [0.25, 0.3) is 0 Å². The van der Waals surface area contributed by atoms with Crippen molar-refractivity contribution in [3.8, 4) is 0 Å². The van der Waals surface area contributed by atoms with Gasteiger partial charge in [-0.3, -0.25) is 9.59 Å². The van der Waals surface area contributed by atoms with E-state index in [1.807, 2.05) is 6.07 Å². The Bertz CT molecular complexity index is 650. The molecule has 1 aromatic rings. The molecule has 0 heterocycles. The van der Waals surface area contributed by atoms with Crippen molar-refractivity contribution in [1.29, 1.82) is 0 Å². The predicted molar refractivity (Wildman–Crippen MR) is 106 cm³/mol. The zero-order valence-corrected chi connectivity index (χ0v) is 15.8. The molecule has 1 aromatic carbocycles. The third-order valence-electron chi connectivity index (χ3n) is 5.62. The number of halogens is 1. The molecule has 2 fully saturated rings. The molecule has 2 saturated carbocycles. The molecule has 2 unspecified atom stereocenters. The van der Waals surface area contributed by atoms with Crippen molar-refractivity contribution in [2.75, 3.05) is 11.9 Å². The minimum atomic E-state index is -0.210. The fourth-order valence-corrected chi connectivity index (χ4v) is 4.29. The SMILES string of the molecule is C=CCNC(=O)c1ccccc1NC(=O)C1CC2CCCC(C1)C2N.Cl. The van der Waals surface area contributed by atoms with Crippen LogP contribution in [-0.4, -0.2) is 24.4 Å². The van der Waals surface area contributed by atoms with Gasteiger partial charge in [0.05, 0.1) is 11.3 Å². The van der Waals surface area contributed by atoms with Gasteiger partial charge in [-0.05, 0) is 49.7 Å². The Kier molecular flexibility index (Phi) is 7.23. The summed E-state index contributed by atoms with van der Waals surface area (Å²) < 4.78 is 0. The highest BCUT2D eigenvalue weighted by atomic mass is 35.5. The molecule has 26 heavy (non-hydrogen) atoms. The van der Waals surface area contributed by atoms with Gasteiger partial charge in [-0.15, -0.1) is 19.0 Å². The monoisotopic (exact) mass is 377 g/mol. The molecule has 5 nitrogen and oxygen atoms in total. The van der Waals surface area contributed by atoms with E-state index in [2.05, 4.69) is 17.2 Å². The van der Waals surface area contributed by atoms with Gasteiger partial charge < -0.3 is 16.4 Å². The summed E-state index contributed by atoms with van der Waals surface area (Å²) in [6.45, 7) is 3.99. The zero-order chi connectivity index (χ0) is 17.8. The Hall–Kier alpha value is -1.85. The molecule has 2 atom stereocenters. The quantitative estimate of drug-likeness (QED) is 0.689. The summed E-state index contributed by atoms with van der Waals surface area (Å²) in [5.41, 5.74) is 7.36. The number of hydrogen-bond donors (Lipinski definition) is 3. The summed E-state index contributed by atoms with van der Waals surface area (Å²) in [4.78, 5) is 25.1. The Balaban J connectivity index is 0.00000243. The first-order valence-corrected chi connectivity index (χ1v) is 9.14. The molecule has 2 aliphatic rings. The second kappa shape index (κ2) is 9.19. The zero-order valence-electron chi connectivity index (χ0n) is 14.9. The highest BCUT2D eigenvalue weighted by Gasteiger charge is 2.40. The molecule has 0 saturated heterocycles. The number of nitrogens with two attached hydrogens (primary N) is 1. The van der Waals surface area contributed by atoms with Crippen LogP contribution in [0.4, 0.5) is 5.69 Å².